The van der Waals surface area contributed by atoms with Crippen molar-refractivity contribution in [1.29, 1.82) is 0 Å². The summed E-state index contributed by atoms with van der Waals surface area (Å²) in [7, 11) is 0. The van der Waals surface area contributed by atoms with Crippen molar-refractivity contribution in [2.24, 2.45) is 0 Å². The summed E-state index contributed by atoms with van der Waals surface area (Å²) in [6.07, 6.45) is 0. The molecule has 0 aliphatic carbocycles. The molecule has 1 heterocycles. The Morgan fingerprint density at radius 1 is 1.16 bits per heavy atom. The largest absolute Gasteiger partial charge is 0.506 e. The molecule has 0 fully saturated rings. The second-order valence-electron chi connectivity index (χ2n) is 4.16. The predicted molar refractivity (Wildman–Crippen MR) is 79.3 cm³/mol. The minimum Gasteiger partial charge on any atom is -0.506 e. The van der Waals surface area contributed by atoms with Crippen LogP contribution in [0.5, 0.6) is 11.5 Å². The third kappa shape index (κ3) is 2.53. The van der Waals surface area contributed by atoms with Crippen LogP contribution in [0, 0.1) is 0 Å². The molecule has 0 aliphatic heterocycles. The van der Waals surface area contributed by atoms with E-state index >= 15 is 0 Å². The van der Waals surface area contributed by atoms with Crippen LogP contribution in [0.4, 0.5) is 0 Å². The highest BCUT2D eigenvalue weighted by Gasteiger charge is 2.07. The Morgan fingerprint density at radius 2 is 2.00 bits per heavy atom. The van der Waals surface area contributed by atoms with Gasteiger partial charge in [0.05, 0.1) is 4.70 Å². The van der Waals surface area contributed by atoms with Gasteiger partial charge in [-0.1, -0.05) is 29.8 Å². The van der Waals surface area contributed by atoms with Crippen LogP contribution in [0.25, 0.3) is 10.1 Å². The van der Waals surface area contributed by atoms with Gasteiger partial charge in [-0.15, -0.1) is 11.3 Å². The summed E-state index contributed by atoms with van der Waals surface area (Å²) >= 11 is 7.43. The van der Waals surface area contributed by atoms with E-state index in [4.69, 9.17) is 16.3 Å². The van der Waals surface area contributed by atoms with E-state index < -0.39 is 0 Å². The van der Waals surface area contributed by atoms with E-state index in [1.807, 2.05) is 35.7 Å². The second kappa shape index (κ2) is 5.11. The third-order valence-corrected chi connectivity index (χ3v) is 4.15. The molecule has 0 aliphatic rings. The first-order valence-electron chi connectivity index (χ1n) is 5.80. The van der Waals surface area contributed by atoms with Crippen molar-refractivity contribution in [3.05, 3.63) is 58.4 Å². The predicted octanol–water partition coefficient (Wildman–Crippen LogP) is 4.84. The fourth-order valence-electron chi connectivity index (χ4n) is 1.92. The normalized spacial score (nSPS) is 10.8. The van der Waals surface area contributed by atoms with E-state index in [1.54, 1.807) is 12.1 Å². The lowest BCUT2D eigenvalue weighted by Crippen LogP contribution is -1.93. The number of fused-ring (bicyclic) bond motifs is 1. The van der Waals surface area contributed by atoms with Crippen molar-refractivity contribution in [1.82, 2.24) is 0 Å². The molecule has 1 N–H and O–H groups in total. The van der Waals surface area contributed by atoms with Crippen LogP contribution in [-0.2, 0) is 6.61 Å². The Morgan fingerprint density at radius 3 is 2.84 bits per heavy atom. The number of ether oxygens (including phenoxy) is 1. The summed E-state index contributed by atoms with van der Waals surface area (Å²) in [5.41, 5.74) is 1.07. The smallest absolute Gasteiger partial charge is 0.133 e. The number of phenolic OH excluding ortho intramolecular Hbond substituents is 1. The molecule has 0 amide bonds. The van der Waals surface area contributed by atoms with E-state index in [0.717, 1.165) is 21.4 Å². The Bertz CT molecular complexity index is 721. The molecule has 0 atom stereocenters. The molecule has 0 unspecified atom stereocenters. The second-order valence-corrected chi connectivity index (χ2v) is 5.48. The van der Waals surface area contributed by atoms with Crippen LogP contribution in [0.15, 0.2) is 47.8 Å². The summed E-state index contributed by atoms with van der Waals surface area (Å²) in [6, 6.07) is 12.9. The molecule has 0 radical (unpaired) electrons. The van der Waals surface area contributed by atoms with Crippen LogP contribution in [0.3, 0.4) is 0 Å². The molecule has 19 heavy (non-hydrogen) atoms. The molecule has 0 saturated heterocycles. The third-order valence-electron chi connectivity index (χ3n) is 2.85. The van der Waals surface area contributed by atoms with Gasteiger partial charge in [-0.3, -0.25) is 0 Å². The quantitative estimate of drug-likeness (QED) is 0.748. The van der Waals surface area contributed by atoms with E-state index in [2.05, 4.69) is 0 Å². The average Bonchev–Trinajstić information content (AvgIpc) is 2.81. The Kier molecular flexibility index (Phi) is 3.32. The molecule has 96 valence electrons. The Balaban J connectivity index is 1.84. The number of hydrogen-bond acceptors (Lipinski definition) is 3. The zero-order chi connectivity index (χ0) is 13.2. The van der Waals surface area contributed by atoms with Crippen molar-refractivity contribution in [3.63, 3.8) is 0 Å². The van der Waals surface area contributed by atoms with Gasteiger partial charge >= 0.3 is 0 Å². The van der Waals surface area contributed by atoms with Crippen molar-refractivity contribution in [2.45, 2.75) is 6.61 Å². The Hall–Kier alpha value is -1.71. The van der Waals surface area contributed by atoms with Gasteiger partial charge in [-0.25, -0.2) is 0 Å². The molecule has 2 aromatic carbocycles. The molecule has 0 spiro atoms. The standard InChI is InChI=1S/C15H11ClO2S/c16-11-3-1-4-12(7-11)18-8-10-9-19-15-13(10)5-2-6-14(15)17/h1-7,9,17H,8H2. The average molecular weight is 291 g/mol. The fourth-order valence-corrected chi connectivity index (χ4v) is 3.08. The number of benzene rings is 2. The van der Waals surface area contributed by atoms with Crippen LogP contribution < -0.4 is 4.74 Å². The monoisotopic (exact) mass is 290 g/mol. The van der Waals surface area contributed by atoms with Gasteiger partial charge in [0, 0.05) is 16.0 Å². The minimum absolute atomic E-state index is 0.316. The van der Waals surface area contributed by atoms with Gasteiger partial charge in [0.1, 0.15) is 18.1 Å². The Labute approximate surface area is 119 Å². The summed E-state index contributed by atoms with van der Waals surface area (Å²) in [4.78, 5) is 0. The molecule has 1 aromatic heterocycles. The summed E-state index contributed by atoms with van der Waals surface area (Å²) in [5, 5.41) is 13.5. The summed E-state index contributed by atoms with van der Waals surface area (Å²) < 4.78 is 6.62. The lowest BCUT2D eigenvalue weighted by molar-refractivity contribution is 0.308. The van der Waals surface area contributed by atoms with Crippen LogP contribution in [0.1, 0.15) is 5.56 Å². The number of rotatable bonds is 3. The van der Waals surface area contributed by atoms with Gasteiger partial charge in [-0.2, -0.15) is 0 Å². The van der Waals surface area contributed by atoms with E-state index in [1.165, 1.54) is 11.3 Å². The highest BCUT2D eigenvalue weighted by atomic mass is 35.5. The molecule has 3 aromatic rings. The molecule has 0 saturated carbocycles. The van der Waals surface area contributed by atoms with Crippen molar-refractivity contribution >= 4 is 33.0 Å². The zero-order valence-electron chi connectivity index (χ0n) is 9.97. The minimum atomic E-state index is 0.316. The van der Waals surface area contributed by atoms with E-state index in [-0.39, 0.29) is 0 Å². The molecule has 0 bridgehead atoms. The number of aromatic hydroxyl groups is 1. The number of halogens is 1. The van der Waals surface area contributed by atoms with E-state index in [9.17, 15) is 5.11 Å². The molecular formula is C15H11ClO2S. The molecule has 2 nitrogen and oxygen atoms in total. The highest BCUT2D eigenvalue weighted by Crippen LogP contribution is 2.33. The van der Waals surface area contributed by atoms with Crippen molar-refractivity contribution < 1.29 is 9.84 Å². The number of hydrogen-bond donors (Lipinski definition) is 1. The molecular weight excluding hydrogens is 280 g/mol. The molecule has 3 rings (SSSR count). The lowest BCUT2D eigenvalue weighted by atomic mass is 10.2. The van der Waals surface area contributed by atoms with Gasteiger partial charge < -0.3 is 9.84 Å². The molecule has 4 heteroatoms. The van der Waals surface area contributed by atoms with Crippen LogP contribution in [-0.4, -0.2) is 5.11 Å². The first kappa shape index (κ1) is 12.3. The highest BCUT2D eigenvalue weighted by molar-refractivity contribution is 7.17. The van der Waals surface area contributed by atoms with Gasteiger partial charge in [0.2, 0.25) is 0 Å². The maximum Gasteiger partial charge on any atom is 0.133 e. The fraction of sp³-hybridized carbons (Fsp3) is 0.0667. The van der Waals surface area contributed by atoms with Crippen LogP contribution >= 0.6 is 22.9 Å². The van der Waals surface area contributed by atoms with Gasteiger partial charge in [0.25, 0.3) is 0 Å². The van der Waals surface area contributed by atoms with Gasteiger partial charge in [-0.05, 0) is 29.6 Å². The first-order valence-corrected chi connectivity index (χ1v) is 7.06. The number of thiophene rings is 1. The number of phenols is 1. The van der Waals surface area contributed by atoms with Crippen molar-refractivity contribution in [3.8, 4) is 11.5 Å². The van der Waals surface area contributed by atoms with Crippen molar-refractivity contribution in [2.75, 3.05) is 0 Å². The SMILES string of the molecule is Oc1cccc2c(COc3cccc(Cl)c3)csc12. The van der Waals surface area contributed by atoms with E-state index in [0.29, 0.717) is 17.4 Å². The maximum absolute atomic E-state index is 9.76. The lowest BCUT2D eigenvalue weighted by Gasteiger charge is -2.05. The first-order chi connectivity index (χ1) is 9.24. The topological polar surface area (TPSA) is 29.5 Å². The summed E-state index contributed by atoms with van der Waals surface area (Å²) in [5.74, 6) is 1.06. The van der Waals surface area contributed by atoms with Crippen LogP contribution in [0.2, 0.25) is 5.02 Å². The maximum atomic E-state index is 9.76. The summed E-state index contributed by atoms with van der Waals surface area (Å²) in [6.45, 7) is 0.462. The zero-order valence-corrected chi connectivity index (χ0v) is 11.5. The van der Waals surface area contributed by atoms with Gasteiger partial charge in [0.15, 0.2) is 0 Å².